The Balaban J connectivity index is 1.94. The van der Waals surface area contributed by atoms with Gasteiger partial charge in [-0.1, -0.05) is 89.1 Å². The Morgan fingerprint density at radius 3 is 2.04 bits per heavy atom. The van der Waals surface area contributed by atoms with Crippen molar-refractivity contribution < 1.29 is 0 Å². The zero-order chi connectivity index (χ0) is 16.4. The van der Waals surface area contributed by atoms with Crippen molar-refractivity contribution in [3.05, 3.63) is 35.9 Å². The van der Waals surface area contributed by atoms with Gasteiger partial charge in [0.15, 0.2) is 0 Å². The fraction of sp³-hybridized carbons (Fsp3) is 0.727. The Morgan fingerprint density at radius 2 is 1.43 bits per heavy atom. The first kappa shape index (κ1) is 18.5. The minimum Gasteiger partial charge on any atom is -0.294 e. The third-order valence-corrected chi connectivity index (χ3v) is 5.80. The molecule has 0 bridgehead atoms. The zero-order valence-electron chi connectivity index (χ0n) is 15.5. The summed E-state index contributed by atoms with van der Waals surface area (Å²) in [6.07, 6.45) is 15.2. The molecule has 23 heavy (non-hydrogen) atoms. The third kappa shape index (κ3) is 5.08. The number of nitrogens with zero attached hydrogens (tertiary/aromatic N) is 1. The molecule has 1 heteroatoms. The van der Waals surface area contributed by atoms with Crippen molar-refractivity contribution in [1.82, 2.24) is 4.90 Å². The van der Waals surface area contributed by atoms with E-state index in [1.54, 1.807) is 5.56 Å². The Kier molecular flexibility index (Phi) is 8.16. The number of unbranched alkanes of at least 4 members (excludes halogenated alkanes) is 6. The fourth-order valence-electron chi connectivity index (χ4n) is 4.36. The van der Waals surface area contributed by atoms with E-state index in [4.69, 9.17) is 0 Å². The van der Waals surface area contributed by atoms with Crippen molar-refractivity contribution in [2.45, 2.75) is 90.0 Å². The Hall–Kier alpha value is -0.820. The molecule has 1 aromatic carbocycles. The summed E-state index contributed by atoms with van der Waals surface area (Å²) in [5.74, 6) is 0. The van der Waals surface area contributed by atoms with Gasteiger partial charge < -0.3 is 0 Å². The summed E-state index contributed by atoms with van der Waals surface area (Å²) in [5.41, 5.74) is 1.84. The lowest BCUT2D eigenvalue weighted by Crippen LogP contribution is -2.44. The largest absolute Gasteiger partial charge is 0.294 e. The smallest absolute Gasteiger partial charge is 0.0458 e. The highest BCUT2D eigenvalue weighted by Gasteiger charge is 2.37. The molecule has 0 spiro atoms. The minimum absolute atomic E-state index is 0.293. The zero-order valence-corrected chi connectivity index (χ0v) is 15.5. The van der Waals surface area contributed by atoms with E-state index >= 15 is 0 Å². The molecule has 1 aromatic rings. The van der Waals surface area contributed by atoms with Crippen LogP contribution in [0.5, 0.6) is 0 Å². The maximum atomic E-state index is 2.79. The molecule has 1 heterocycles. The van der Waals surface area contributed by atoms with E-state index in [-0.39, 0.29) is 0 Å². The van der Waals surface area contributed by atoms with E-state index < -0.39 is 0 Å². The molecule has 0 N–H and O–H groups in total. The molecule has 0 saturated carbocycles. The van der Waals surface area contributed by atoms with Crippen molar-refractivity contribution >= 4 is 0 Å². The minimum atomic E-state index is 0.293. The van der Waals surface area contributed by atoms with Crippen molar-refractivity contribution in [1.29, 1.82) is 0 Å². The van der Waals surface area contributed by atoms with Gasteiger partial charge in [0.2, 0.25) is 0 Å². The van der Waals surface area contributed by atoms with Crippen molar-refractivity contribution in [2.75, 3.05) is 13.1 Å². The summed E-state index contributed by atoms with van der Waals surface area (Å²) in [6, 6.07) is 11.3. The van der Waals surface area contributed by atoms with Gasteiger partial charge in [0.05, 0.1) is 0 Å². The van der Waals surface area contributed by atoms with Gasteiger partial charge in [-0.15, -0.1) is 0 Å². The van der Waals surface area contributed by atoms with Crippen LogP contribution in [0, 0.1) is 0 Å². The fourth-order valence-corrected chi connectivity index (χ4v) is 4.36. The summed E-state index contributed by atoms with van der Waals surface area (Å²) < 4.78 is 0. The molecule has 1 aliphatic rings. The van der Waals surface area contributed by atoms with Crippen molar-refractivity contribution in [3.63, 3.8) is 0 Å². The molecule has 1 atom stereocenters. The van der Waals surface area contributed by atoms with Gasteiger partial charge in [-0.3, -0.25) is 4.90 Å². The molecular weight excluding hydrogens is 278 g/mol. The van der Waals surface area contributed by atoms with E-state index in [9.17, 15) is 0 Å². The van der Waals surface area contributed by atoms with Crippen molar-refractivity contribution in [2.24, 2.45) is 0 Å². The Labute approximate surface area is 144 Å². The highest BCUT2D eigenvalue weighted by Crippen LogP contribution is 2.39. The van der Waals surface area contributed by atoms with Crippen LogP contribution < -0.4 is 0 Å². The van der Waals surface area contributed by atoms with E-state index in [2.05, 4.69) is 49.1 Å². The second-order valence-corrected chi connectivity index (χ2v) is 7.32. The number of hydrogen-bond acceptors (Lipinski definition) is 1. The molecule has 0 aliphatic carbocycles. The topological polar surface area (TPSA) is 3.24 Å². The average molecular weight is 316 g/mol. The monoisotopic (exact) mass is 315 g/mol. The van der Waals surface area contributed by atoms with Crippen molar-refractivity contribution in [3.8, 4) is 0 Å². The second kappa shape index (κ2) is 10.1. The number of hydrogen-bond donors (Lipinski definition) is 0. The molecule has 1 nitrogen and oxygen atoms in total. The highest BCUT2D eigenvalue weighted by atomic mass is 15.2. The maximum Gasteiger partial charge on any atom is 0.0458 e. The van der Waals surface area contributed by atoms with E-state index in [1.165, 1.54) is 83.7 Å². The van der Waals surface area contributed by atoms with Crippen LogP contribution in [-0.4, -0.2) is 18.0 Å². The van der Waals surface area contributed by atoms with Crippen LogP contribution in [0.3, 0.4) is 0 Å². The van der Waals surface area contributed by atoms with Gasteiger partial charge in [0.1, 0.15) is 0 Å². The molecule has 0 amide bonds. The lowest BCUT2D eigenvalue weighted by atomic mass is 9.80. The lowest BCUT2D eigenvalue weighted by molar-refractivity contribution is 0.0951. The first-order chi connectivity index (χ1) is 11.3. The van der Waals surface area contributed by atoms with Crippen LogP contribution in [0.4, 0.5) is 0 Å². The van der Waals surface area contributed by atoms with Crippen LogP contribution in [0.15, 0.2) is 30.3 Å². The quantitative estimate of drug-likeness (QED) is 0.420. The normalized spacial score (nSPS) is 18.2. The molecule has 0 radical (unpaired) electrons. The van der Waals surface area contributed by atoms with Crippen LogP contribution >= 0.6 is 0 Å². The maximum absolute atomic E-state index is 2.79. The first-order valence-electron chi connectivity index (χ1n) is 10.1. The van der Waals surface area contributed by atoms with Gasteiger partial charge in [0.25, 0.3) is 0 Å². The predicted molar refractivity (Wildman–Crippen MR) is 102 cm³/mol. The molecule has 0 aromatic heterocycles. The standard InChI is InChI=1S/C22H37N/c1-3-5-6-7-8-9-13-18-22(4-2,23-19-14-15-20-23)21-16-11-10-12-17-21/h10-12,16-17H,3-9,13-15,18-20H2,1-2H3. The molecule has 1 fully saturated rings. The Bertz CT molecular complexity index is 407. The van der Waals surface area contributed by atoms with Gasteiger partial charge in [-0.25, -0.2) is 0 Å². The molecule has 2 rings (SSSR count). The summed E-state index contributed by atoms with van der Waals surface area (Å²) in [7, 11) is 0. The number of benzene rings is 1. The molecule has 1 saturated heterocycles. The van der Waals surface area contributed by atoms with E-state index in [0.717, 1.165) is 0 Å². The molecular formula is C22H37N. The SMILES string of the molecule is CCCCCCCCCC(CC)(c1ccccc1)N1CCCC1. The van der Waals surface area contributed by atoms with E-state index in [1.807, 2.05) is 0 Å². The summed E-state index contributed by atoms with van der Waals surface area (Å²) in [5, 5.41) is 0. The molecule has 1 unspecified atom stereocenters. The van der Waals surface area contributed by atoms with Crippen LogP contribution in [0.1, 0.15) is 90.0 Å². The van der Waals surface area contributed by atoms with Gasteiger partial charge in [-0.2, -0.15) is 0 Å². The van der Waals surface area contributed by atoms with E-state index in [0.29, 0.717) is 5.54 Å². The van der Waals surface area contributed by atoms with Crippen LogP contribution in [-0.2, 0) is 5.54 Å². The highest BCUT2D eigenvalue weighted by molar-refractivity contribution is 5.25. The third-order valence-electron chi connectivity index (χ3n) is 5.80. The summed E-state index contributed by atoms with van der Waals surface area (Å²) in [4.78, 5) is 2.79. The molecule has 130 valence electrons. The lowest BCUT2D eigenvalue weighted by Gasteiger charge is -2.42. The number of likely N-dealkylation sites (tertiary alicyclic amines) is 1. The van der Waals surface area contributed by atoms with Gasteiger partial charge in [0, 0.05) is 5.54 Å². The van der Waals surface area contributed by atoms with Crippen LogP contribution in [0.25, 0.3) is 0 Å². The molecule has 1 aliphatic heterocycles. The first-order valence-corrected chi connectivity index (χ1v) is 10.1. The summed E-state index contributed by atoms with van der Waals surface area (Å²) in [6.45, 7) is 7.27. The number of rotatable bonds is 11. The second-order valence-electron chi connectivity index (χ2n) is 7.32. The van der Waals surface area contributed by atoms with Gasteiger partial charge in [-0.05, 0) is 44.3 Å². The predicted octanol–water partition coefficient (Wildman–Crippen LogP) is 6.53. The van der Waals surface area contributed by atoms with Gasteiger partial charge >= 0.3 is 0 Å². The van der Waals surface area contributed by atoms with Crippen LogP contribution in [0.2, 0.25) is 0 Å². The Morgan fingerprint density at radius 1 is 0.826 bits per heavy atom. The average Bonchev–Trinajstić information content (AvgIpc) is 3.14. The summed E-state index contributed by atoms with van der Waals surface area (Å²) >= 11 is 0.